The molecule has 2 aromatic heterocycles. The maximum Gasteiger partial charge on any atom is 0.293 e. The van der Waals surface area contributed by atoms with E-state index < -0.39 is 43.4 Å². The molecule has 5 aliphatic rings. The molecule has 1 aliphatic carbocycles. The van der Waals surface area contributed by atoms with Crippen LogP contribution >= 0.6 is 23.4 Å². The zero-order chi connectivity index (χ0) is 57.3. The lowest BCUT2D eigenvalue weighted by molar-refractivity contribution is -0.384. The van der Waals surface area contributed by atoms with Crippen molar-refractivity contribution in [1.82, 2.24) is 34.7 Å². The molecule has 82 heavy (non-hydrogen) atoms. The second-order valence-electron chi connectivity index (χ2n) is 22.6. The van der Waals surface area contributed by atoms with E-state index in [-0.39, 0.29) is 46.6 Å². The molecule has 4 N–H and O–H groups in total. The van der Waals surface area contributed by atoms with Crippen molar-refractivity contribution in [2.24, 2.45) is 11.3 Å². The van der Waals surface area contributed by atoms with Crippen molar-refractivity contribution in [1.29, 1.82) is 0 Å². The molecule has 0 radical (unpaired) electrons. The molecule has 3 saturated heterocycles. The number of piperidine rings is 2. The smallest absolute Gasteiger partial charge is 0.293 e. The number of allylic oxidation sites excluding steroid dienone is 1. The fraction of sp³-hybridized carbons (Fsp3) is 0.383. The third kappa shape index (κ3) is 12.7. The minimum atomic E-state index is -4.63. The predicted molar refractivity (Wildman–Crippen MR) is 316 cm³/mol. The summed E-state index contributed by atoms with van der Waals surface area (Å²) < 4.78 is 36.5. The van der Waals surface area contributed by atoms with E-state index in [9.17, 15) is 37.7 Å². The number of ether oxygens (including phenoxy) is 1. The van der Waals surface area contributed by atoms with E-state index in [0.717, 1.165) is 110 Å². The number of carbonyl (C=O) groups excluding carboxylic acids is 4. The Bertz CT molecular complexity index is 3610. The molecule has 428 valence electrons. The number of nitro groups is 1. The lowest BCUT2D eigenvalue weighted by Crippen LogP contribution is -2.52. The Morgan fingerprint density at radius 3 is 2.49 bits per heavy atom. The lowest BCUT2D eigenvalue weighted by Gasteiger charge is -2.39. The number of benzene rings is 4. The Balaban J connectivity index is 0.706. The standard InChI is InChI=1S/C60H65ClN10O9S2/c1-60(2)20-16-41(48(33-60)39-6-8-42(61)9-7-39)36-68-24-26-69(27-25-68)43-10-12-47(53(31-43)80-44-30-40-17-21-62-56(40)64-35-44)57(73)66-82(78,79)45-11-13-50(52(32-45)71(76)77)63-34-38-18-22-67(23-19-38)28-29-81-54-5-3-4-46-49(54)37-70(59(46)75)51-14-15-55(72)65-58(51)74/h3-13,17,21,30-32,35,38,51,63H,14-16,18-20,22-29,33-34,36-37H2,1-2H3,(H,62,64)(H,66,73)(H,65,72,74). The predicted octanol–water partition coefficient (Wildman–Crippen LogP) is 9.50. The van der Waals surface area contributed by atoms with Crippen molar-refractivity contribution in [3.8, 4) is 11.5 Å². The summed E-state index contributed by atoms with van der Waals surface area (Å²) in [5, 5.41) is 19.5. The van der Waals surface area contributed by atoms with Gasteiger partial charge in [-0.3, -0.25) is 39.5 Å². The molecule has 1 unspecified atom stereocenters. The molecule has 0 bridgehead atoms. The van der Waals surface area contributed by atoms with Crippen molar-refractivity contribution in [3.63, 3.8) is 0 Å². The molecule has 4 aromatic carbocycles. The largest absolute Gasteiger partial charge is 0.455 e. The summed E-state index contributed by atoms with van der Waals surface area (Å²) in [6.07, 6.45) is 8.61. The maximum absolute atomic E-state index is 14.2. The molecule has 4 amide bonds. The number of fused-ring (bicyclic) bond motifs is 2. The summed E-state index contributed by atoms with van der Waals surface area (Å²) in [5.41, 5.74) is 6.86. The van der Waals surface area contributed by atoms with Crippen molar-refractivity contribution in [2.75, 3.05) is 74.9 Å². The number of aromatic nitrogens is 2. The normalized spacial score (nSPS) is 19.1. The Morgan fingerprint density at radius 2 is 1.72 bits per heavy atom. The van der Waals surface area contributed by atoms with Crippen LogP contribution in [0.4, 0.5) is 17.1 Å². The van der Waals surface area contributed by atoms with Crippen LogP contribution in [0.1, 0.15) is 90.6 Å². The number of sulfonamides is 1. The number of rotatable bonds is 18. The zero-order valence-electron chi connectivity index (χ0n) is 45.7. The molecule has 22 heteroatoms. The quantitative estimate of drug-likeness (QED) is 0.0272. The number of piperazine rings is 1. The van der Waals surface area contributed by atoms with Crippen molar-refractivity contribution in [2.45, 2.75) is 81.2 Å². The summed E-state index contributed by atoms with van der Waals surface area (Å²) in [4.78, 5) is 80.3. The Morgan fingerprint density at radius 1 is 0.927 bits per heavy atom. The van der Waals surface area contributed by atoms with E-state index in [0.29, 0.717) is 49.6 Å². The van der Waals surface area contributed by atoms with Crippen LogP contribution in [0.5, 0.6) is 11.5 Å². The van der Waals surface area contributed by atoms with Gasteiger partial charge in [-0.2, -0.15) is 0 Å². The van der Waals surface area contributed by atoms with Gasteiger partial charge in [-0.1, -0.05) is 49.2 Å². The first-order valence-corrected chi connectivity index (χ1v) is 30.7. The number of hydrogen-bond acceptors (Lipinski definition) is 15. The number of nitrogens with one attached hydrogen (secondary N) is 4. The minimum absolute atomic E-state index is 0.0586. The van der Waals surface area contributed by atoms with Crippen LogP contribution in [-0.2, 0) is 26.2 Å². The van der Waals surface area contributed by atoms with Gasteiger partial charge in [-0.25, -0.2) is 18.1 Å². The highest BCUT2D eigenvalue weighted by molar-refractivity contribution is 7.99. The molecule has 19 nitrogen and oxygen atoms in total. The van der Waals surface area contributed by atoms with E-state index in [1.54, 1.807) is 47.1 Å². The summed E-state index contributed by atoms with van der Waals surface area (Å²) in [5.74, 6) is -0.508. The Hall–Kier alpha value is -7.30. The van der Waals surface area contributed by atoms with E-state index in [1.165, 1.54) is 41.1 Å². The summed E-state index contributed by atoms with van der Waals surface area (Å²) >= 11 is 7.94. The van der Waals surface area contributed by atoms with Crippen molar-refractivity contribution in [3.05, 3.63) is 146 Å². The number of H-pyrrole nitrogens is 1. The van der Waals surface area contributed by atoms with Gasteiger partial charge in [0.2, 0.25) is 11.8 Å². The van der Waals surface area contributed by atoms with Crippen LogP contribution in [0.15, 0.2) is 119 Å². The highest BCUT2D eigenvalue weighted by Crippen LogP contribution is 2.44. The Labute approximate surface area is 485 Å². The second-order valence-corrected chi connectivity index (χ2v) is 25.9. The first-order valence-electron chi connectivity index (χ1n) is 27.8. The molecule has 1 atom stereocenters. The number of halogens is 1. The molecule has 11 rings (SSSR count). The van der Waals surface area contributed by atoms with Crippen LogP contribution in [-0.4, -0.2) is 132 Å². The SMILES string of the molecule is CC1(C)CCC(CN2CCN(c3ccc(C(=O)NS(=O)(=O)c4ccc(NCC5CCN(CCSc6cccc7c6CN(C6CCC(=O)NC6=O)C7=O)CC5)c([N+](=O)[O-])c4)c(Oc4cnc5[nH]ccc5c4)c3)CC2)=C(c2ccc(Cl)cc2)C1. The molecular formula is C60H65ClN10O9S2. The number of imide groups is 1. The monoisotopic (exact) mass is 1170 g/mol. The van der Waals surface area contributed by atoms with Crippen LogP contribution < -0.4 is 25.0 Å². The molecule has 3 fully saturated rings. The topological polar surface area (TPSA) is 233 Å². The van der Waals surface area contributed by atoms with E-state index in [4.69, 9.17) is 16.3 Å². The van der Waals surface area contributed by atoms with Gasteiger partial charge in [0.1, 0.15) is 28.9 Å². The summed E-state index contributed by atoms with van der Waals surface area (Å²) in [7, 11) is -4.63. The van der Waals surface area contributed by atoms with Crippen LogP contribution in [0.2, 0.25) is 5.02 Å². The van der Waals surface area contributed by atoms with Gasteiger partial charge in [0, 0.05) is 109 Å². The molecule has 6 heterocycles. The number of likely N-dealkylation sites (tertiary alicyclic amines) is 1. The first kappa shape index (κ1) is 56.6. The van der Waals surface area contributed by atoms with Gasteiger partial charge in [0.05, 0.1) is 21.6 Å². The average molecular weight is 1170 g/mol. The molecule has 4 aliphatic heterocycles. The number of thioether (sulfide) groups is 1. The highest BCUT2D eigenvalue weighted by atomic mass is 35.5. The number of carbonyl (C=O) groups is 4. The van der Waals surface area contributed by atoms with E-state index in [2.05, 4.69) is 66.0 Å². The van der Waals surface area contributed by atoms with Gasteiger partial charge in [-0.15, -0.1) is 11.8 Å². The van der Waals surface area contributed by atoms with Gasteiger partial charge >= 0.3 is 0 Å². The van der Waals surface area contributed by atoms with Crippen molar-refractivity contribution < 1.29 is 37.3 Å². The molecule has 6 aromatic rings. The number of nitro benzene ring substituents is 1. The summed E-state index contributed by atoms with van der Waals surface area (Å²) in [6, 6.07) is 25.4. The molecular weight excluding hydrogens is 1100 g/mol. The molecule has 0 spiro atoms. The number of amides is 4. The third-order valence-corrected chi connectivity index (χ3v) is 19.2. The number of aromatic amines is 1. The van der Waals surface area contributed by atoms with Crippen LogP contribution in [0, 0.1) is 21.4 Å². The second kappa shape index (κ2) is 23.9. The zero-order valence-corrected chi connectivity index (χ0v) is 48.1. The van der Waals surface area contributed by atoms with E-state index in [1.807, 2.05) is 30.3 Å². The van der Waals surface area contributed by atoms with Gasteiger partial charge in [0.25, 0.3) is 27.5 Å². The van der Waals surface area contributed by atoms with Crippen LogP contribution in [0.25, 0.3) is 16.6 Å². The average Bonchev–Trinajstić information content (AvgIpc) is 4.16. The molecule has 0 saturated carbocycles. The minimum Gasteiger partial charge on any atom is -0.455 e. The van der Waals surface area contributed by atoms with Gasteiger partial charge in [0.15, 0.2) is 0 Å². The number of nitrogens with zero attached hydrogens (tertiary/aromatic N) is 6. The number of pyridine rings is 1. The highest BCUT2D eigenvalue weighted by Gasteiger charge is 2.40. The van der Waals surface area contributed by atoms with Crippen LogP contribution in [0.3, 0.4) is 0 Å². The summed E-state index contributed by atoms with van der Waals surface area (Å²) in [6.45, 7) is 11.7. The van der Waals surface area contributed by atoms with Gasteiger partial charge < -0.3 is 29.7 Å². The van der Waals surface area contributed by atoms with E-state index >= 15 is 0 Å². The maximum atomic E-state index is 14.2. The number of hydrogen-bond donors (Lipinski definition) is 4. The fourth-order valence-corrected chi connectivity index (χ4v) is 14.0. The Kier molecular flexibility index (Phi) is 16.5. The van der Waals surface area contributed by atoms with Crippen molar-refractivity contribution >= 4 is 90.7 Å². The fourth-order valence-electron chi connectivity index (χ4n) is 11.8. The van der Waals surface area contributed by atoms with Gasteiger partial charge in [-0.05, 0) is 140 Å². The first-order chi connectivity index (χ1) is 39.4. The number of anilines is 2. The third-order valence-electron chi connectivity index (χ3n) is 16.5. The lowest BCUT2D eigenvalue weighted by atomic mass is 9.72.